The third-order valence-corrected chi connectivity index (χ3v) is 8.80. The van der Waals surface area contributed by atoms with Crippen LogP contribution in [0.15, 0.2) is 59.9 Å². The minimum Gasteiger partial charge on any atom is -0.491 e. The van der Waals surface area contributed by atoms with Gasteiger partial charge in [-0.15, -0.1) is 0 Å². The molecule has 1 aliphatic carbocycles. The zero-order valence-corrected chi connectivity index (χ0v) is 29.6. The minimum absolute atomic E-state index is 0.0127. The summed E-state index contributed by atoms with van der Waals surface area (Å²) in [6, 6.07) is 13.1. The molecular weight excluding hydrogens is 655 g/mol. The van der Waals surface area contributed by atoms with Gasteiger partial charge in [-0.2, -0.15) is 5.10 Å². The molecule has 0 bridgehead atoms. The summed E-state index contributed by atoms with van der Waals surface area (Å²) in [7, 11) is 0. The number of aliphatic imine (C=N–C) groups is 1. The summed E-state index contributed by atoms with van der Waals surface area (Å²) in [6.07, 6.45) is 7.50. The first-order chi connectivity index (χ1) is 24.8. The number of aliphatic hydroxyl groups excluding tert-OH is 1. The van der Waals surface area contributed by atoms with Crippen LogP contribution >= 0.6 is 0 Å². The maximum absolute atomic E-state index is 14.1. The van der Waals surface area contributed by atoms with Crippen LogP contribution in [0.1, 0.15) is 42.4 Å². The molecule has 2 aromatic carbocycles. The smallest absolute Gasteiger partial charge is 0.135 e. The summed E-state index contributed by atoms with van der Waals surface area (Å²) in [5, 5.41) is 17.1. The number of aryl methyl sites for hydroxylation is 2. The van der Waals surface area contributed by atoms with Crippen molar-refractivity contribution in [2.45, 2.75) is 51.6 Å². The summed E-state index contributed by atoms with van der Waals surface area (Å²) < 4.78 is 43.5. The molecule has 1 saturated carbocycles. The Morgan fingerprint density at radius 3 is 2.22 bits per heavy atom. The third kappa shape index (κ3) is 11.2. The van der Waals surface area contributed by atoms with Crippen molar-refractivity contribution in [3.05, 3.63) is 77.4 Å². The Bertz CT molecular complexity index is 1720. The second-order valence-electron chi connectivity index (χ2n) is 12.7. The fraction of sp³-hybridized carbons (Fsp3) is 0.474. The molecular formula is C38H51FN6O6. The van der Waals surface area contributed by atoms with Gasteiger partial charge in [0.1, 0.15) is 24.0 Å². The minimum atomic E-state index is -0.368. The molecule has 4 aromatic rings. The predicted octanol–water partition coefficient (Wildman–Crippen LogP) is 4.91. The van der Waals surface area contributed by atoms with Crippen LogP contribution < -0.4 is 21.5 Å². The maximum atomic E-state index is 14.1. The number of nitrogens with zero attached hydrogens (tertiary/aromatic N) is 3. The van der Waals surface area contributed by atoms with Gasteiger partial charge in [-0.25, -0.2) is 13.9 Å². The molecule has 1 aliphatic rings. The highest BCUT2D eigenvalue weighted by Gasteiger charge is 2.22. The monoisotopic (exact) mass is 706 g/mol. The average Bonchev–Trinajstić information content (AvgIpc) is 3.55. The van der Waals surface area contributed by atoms with E-state index in [9.17, 15) is 4.39 Å². The van der Waals surface area contributed by atoms with Crippen LogP contribution in [0, 0.1) is 19.7 Å². The molecule has 276 valence electrons. The quantitative estimate of drug-likeness (QED) is 0.0565. The van der Waals surface area contributed by atoms with E-state index in [1.165, 1.54) is 12.1 Å². The van der Waals surface area contributed by atoms with E-state index in [1.54, 1.807) is 12.3 Å². The summed E-state index contributed by atoms with van der Waals surface area (Å²) in [4.78, 5) is 4.62. The Morgan fingerprint density at radius 2 is 1.55 bits per heavy atom. The van der Waals surface area contributed by atoms with Gasteiger partial charge in [0.2, 0.25) is 0 Å². The van der Waals surface area contributed by atoms with Crippen molar-refractivity contribution in [3.63, 3.8) is 0 Å². The molecule has 2 aromatic heterocycles. The number of hydrogen-bond donors (Lipinski definition) is 4. The van der Waals surface area contributed by atoms with E-state index >= 15 is 0 Å². The second-order valence-corrected chi connectivity index (χ2v) is 12.7. The lowest BCUT2D eigenvalue weighted by Crippen LogP contribution is -2.33. The molecule has 6 N–H and O–H groups in total. The van der Waals surface area contributed by atoms with Crippen LogP contribution in [0.3, 0.4) is 0 Å². The van der Waals surface area contributed by atoms with Crippen LogP contribution in [0.4, 0.5) is 15.8 Å². The van der Waals surface area contributed by atoms with E-state index in [1.807, 2.05) is 35.8 Å². The molecule has 1 fully saturated rings. The number of rotatable bonds is 20. The molecule has 2 heterocycles. The fourth-order valence-corrected chi connectivity index (χ4v) is 6.01. The number of benzene rings is 2. The van der Waals surface area contributed by atoms with Gasteiger partial charge in [0.25, 0.3) is 0 Å². The van der Waals surface area contributed by atoms with Crippen LogP contribution in [0.2, 0.25) is 0 Å². The van der Waals surface area contributed by atoms with Crippen molar-refractivity contribution < 1.29 is 33.2 Å². The second kappa shape index (κ2) is 19.5. The molecule has 0 spiro atoms. The van der Waals surface area contributed by atoms with E-state index in [0.717, 1.165) is 64.9 Å². The number of aliphatic hydroxyl groups is 1. The van der Waals surface area contributed by atoms with Crippen molar-refractivity contribution in [3.8, 4) is 16.9 Å². The molecule has 0 atom stereocenters. The number of amidine groups is 1. The van der Waals surface area contributed by atoms with E-state index in [-0.39, 0.29) is 30.3 Å². The highest BCUT2D eigenvalue weighted by molar-refractivity contribution is 6.06. The highest BCUT2D eigenvalue weighted by Crippen LogP contribution is 2.34. The Kier molecular flexibility index (Phi) is 14.6. The fourth-order valence-electron chi connectivity index (χ4n) is 6.01. The van der Waals surface area contributed by atoms with Gasteiger partial charge in [0, 0.05) is 23.8 Å². The Labute approximate surface area is 298 Å². The molecule has 0 saturated heterocycles. The number of hydrogen-bond acceptors (Lipinski definition) is 10. The van der Waals surface area contributed by atoms with Gasteiger partial charge in [0.15, 0.2) is 0 Å². The van der Waals surface area contributed by atoms with Crippen molar-refractivity contribution in [1.82, 2.24) is 9.61 Å². The van der Waals surface area contributed by atoms with E-state index in [4.69, 9.17) is 45.4 Å². The first kappa shape index (κ1) is 38.1. The first-order valence-electron chi connectivity index (χ1n) is 17.6. The predicted molar refractivity (Wildman–Crippen MR) is 197 cm³/mol. The molecule has 0 amide bonds. The van der Waals surface area contributed by atoms with Crippen LogP contribution in [-0.4, -0.2) is 98.7 Å². The molecule has 0 radical (unpaired) electrons. The highest BCUT2D eigenvalue weighted by atomic mass is 19.1. The first-order valence-corrected chi connectivity index (χ1v) is 17.6. The summed E-state index contributed by atoms with van der Waals surface area (Å²) >= 11 is 0. The topological polar surface area (TPSA) is 160 Å². The number of aromatic nitrogens is 2. The SMILES string of the molecule is Cc1ccc(F)cc1N=C(N)c1cnn2cc(-c3ccc(OCCOCCOCCOCCOCCO)cc3C)cc2c1NC1CCC(N)CC1. The van der Waals surface area contributed by atoms with Crippen LogP contribution in [0.5, 0.6) is 5.75 Å². The van der Waals surface area contributed by atoms with E-state index in [0.29, 0.717) is 70.7 Å². The largest absolute Gasteiger partial charge is 0.491 e. The normalized spacial score (nSPS) is 16.5. The average molecular weight is 707 g/mol. The molecule has 0 unspecified atom stereocenters. The molecule has 0 aliphatic heterocycles. The maximum Gasteiger partial charge on any atom is 0.135 e. The molecule has 12 nitrogen and oxygen atoms in total. The number of anilines is 1. The van der Waals surface area contributed by atoms with Gasteiger partial charge in [-0.05, 0) is 86.6 Å². The number of nitrogens with two attached hydrogens (primary N) is 2. The third-order valence-electron chi connectivity index (χ3n) is 8.80. The zero-order valence-electron chi connectivity index (χ0n) is 29.6. The summed E-state index contributed by atoms with van der Waals surface area (Å²) in [5.74, 6) is 0.648. The van der Waals surface area contributed by atoms with Crippen molar-refractivity contribution in [2.75, 3.05) is 71.4 Å². The number of halogens is 1. The van der Waals surface area contributed by atoms with E-state index < -0.39 is 0 Å². The zero-order chi connectivity index (χ0) is 36.0. The number of nitrogens with one attached hydrogen (secondary N) is 1. The van der Waals surface area contributed by atoms with Gasteiger partial charge < -0.3 is 45.6 Å². The standard InChI is InChI=1S/C38H51FN6O6/c1-26-3-4-29(39)23-35(26)44-38(41)34-24-42-45-25-28(22-36(45)37(34)43-31-7-5-30(40)6-8-31)33-10-9-32(21-27(33)2)51-20-19-50-18-17-49-16-15-48-14-13-47-12-11-46/h3-4,9-10,21-25,30-31,43,46H,5-8,11-20,40H2,1-2H3,(H2,41,44). The van der Waals surface area contributed by atoms with Gasteiger partial charge in [-0.1, -0.05) is 12.1 Å². The molecule has 51 heavy (non-hydrogen) atoms. The lowest BCUT2D eigenvalue weighted by Gasteiger charge is -2.28. The molecule has 13 heteroatoms. The summed E-state index contributed by atoms with van der Waals surface area (Å²) in [6.45, 7) is 7.94. The van der Waals surface area contributed by atoms with Gasteiger partial charge in [0.05, 0.1) is 88.1 Å². The Balaban J connectivity index is 1.21. The number of ether oxygens (including phenoxy) is 5. The van der Waals surface area contributed by atoms with Crippen molar-refractivity contribution in [1.29, 1.82) is 0 Å². The van der Waals surface area contributed by atoms with Crippen LogP contribution in [-0.2, 0) is 18.9 Å². The van der Waals surface area contributed by atoms with Crippen molar-refractivity contribution >= 4 is 22.7 Å². The molecule has 5 rings (SSSR count). The Morgan fingerprint density at radius 1 is 0.882 bits per heavy atom. The van der Waals surface area contributed by atoms with Crippen LogP contribution in [0.25, 0.3) is 16.6 Å². The lowest BCUT2D eigenvalue weighted by atomic mass is 9.91. The van der Waals surface area contributed by atoms with Crippen molar-refractivity contribution in [2.24, 2.45) is 16.5 Å². The van der Waals surface area contributed by atoms with E-state index in [2.05, 4.69) is 23.3 Å². The van der Waals surface area contributed by atoms with Gasteiger partial charge >= 0.3 is 0 Å². The Hall–Kier alpha value is -4.11. The van der Waals surface area contributed by atoms with Gasteiger partial charge in [-0.3, -0.25) is 0 Å². The lowest BCUT2D eigenvalue weighted by molar-refractivity contribution is -0.00779. The summed E-state index contributed by atoms with van der Waals surface area (Å²) in [5.41, 5.74) is 19.6. The number of fused-ring (bicyclic) bond motifs is 1.